The minimum atomic E-state index is -1.04. The van der Waals surface area contributed by atoms with Crippen LogP contribution in [-0.4, -0.2) is 33.4 Å². The Kier molecular flexibility index (Phi) is 3.65. The first-order valence-electron chi connectivity index (χ1n) is 6.29. The zero-order valence-corrected chi connectivity index (χ0v) is 12.4. The van der Waals surface area contributed by atoms with Crippen molar-refractivity contribution in [2.24, 2.45) is 0 Å². The molecule has 5 nitrogen and oxygen atoms in total. The smallest absolute Gasteiger partial charge is 0.331 e. The molecule has 2 aromatic heterocycles. The van der Waals surface area contributed by atoms with Gasteiger partial charge in [0.2, 0.25) is 0 Å². The quantitative estimate of drug-likeness (QED) is 0.922. The number of halogens is 1. The molecule has 0 radical (unpaired) electrons. The summed E-state index contributed by atoms with van der Waals surface area (Å²) in [6, 6.07) is 3.82. The van der Waals surface area contributed by atoms with Gasteiger partial charge < -0.3 is 10.0 Å². The summed E-state index contributed by atoms with van der Waals surface area (Å²) in [5, 5.41) is 11.7. The molecule has 0 aromatic carbocycles. The fourth-order valence-electron chi connectivity index (χ4n) is 2.47. The first-order valence-corrected chi connectivity index (χ1v) is 7.55. The molecule has 0 bridgehead atoms. The third-order valence-electron chi connectivity index (χ3n) is 3.40. The molecule has 0 fully saturated rings. The SMILES string of the molecule is O=C(O)C1c2ccsc2CCN1C(=O)c1cc(Cl)ccn1. The summed E-state index contributed by atoms with van der Waals surface area (Å²) < 4.78 is 0. The first kappa shape index (κ1) is 14.0. The molecule has 0 aliphatic carbocycles. The van der Waals surface area contributed by atoms with Crippen molar-refractivity contribution in [2.45, 2.75) is 12.5 Å². The number of thiophene rings is 1. The van der Waals surface area contributed by atoms with E-state index >= 15 is 0 Å². The molecule has 0 saturated heterocycles. The van der Waals surface area contributed by atoms with Crippen molar-refractivity contribution in [3.05, 3.63) is 50.9 Å². The van der Waals surface area contributed by atoms with Gasteiger partial charge in [0.05, 0.1) is 0 Å². The van der Waals surface area contributed by atoms with E-state index in [4.69, 9.17) is 11.6 Å². The van der Waals surface area contributed by atoms with E-state index < -0.39 is 17.9 Å². The summed E-state index contributed by atoms with van der Waals surface area (Å²) >= 11 is 7.39. The van der Waals surface area contributed by atoms with Crippen LogP contribution in [0.2, 0.25) is 5.02 Å². The molecule has 1 amide bonds. The third kappa shape index (κ3) is 2.52. The number of rotatable bonds is 2. The normalized spacial score (nSPS) is 17.4. The molecule has 3 rings (SSSR count). The van der Waals surface area contributed by atoms with Crippen LogP contribution in [0.25, 0.3) is 0 Å². The van der Waals surface area contributed by atoms with Gasteiger partial charge in [-0.15, -0.1) is 11.3 Å². The van der Waals surface area contributed by atoms with Gasteiger partial charge in [-0.05, 0) is 35.6 Å². The minimum Gasteiger partial charge on any atom is -0.479 e. The average Bonchev–Trinajstić information content (AvgIpc) is 2.93. The Labute approximate surface area is 129 Å². The number of amides is 1. The number of fused-ring (bicyclic) bond motifs is 1. The Hall–Kier alpha value is -1.92. The Bertz CT molecular complexity index is 716. The van der Waals surface area contributed by atoms with Crippen molar-refractivity contribution in [1.29, 1.82) is 0 Å². The van der Waals surface area contributed by atoms with Crippen molar-refractivity contribution in [3.8, 4) is 0 Å². The molecule has 2 aromatic rings. The summed E-state index contributed by atoms with van der Waals surface area (Å²) in [7, 11) is 0. The molecular formula is C14H11ClN2O3S. The lowest BCUT2D eigenvalue weighted by Crippen LogP contribution is -2.43. The second-order valence-corrected chi connectivity index (χ2v) is 6.08. The number of carbonyl (C=O) groups is 2. The van der Waals surface area contributed by atoms with E-state index in [0.29, 0.717) is 23.6 Å². The van der Waals surface area contributed by atoms with Crippen LogP contribution in [0.15, 0.2) is 29.8 Å². The van der Waals surface area contributed by atoms with Gasteiger partial charge in [0, 0.05) is 22.6 Å². The second-order valence-electron chi connectivity index (χ2n) is 4.65. The Morgan fingerprint density at radius 1 is 1.43 bits per heavy atom. The molecule has 108 valence electrons. The van der Waals surface area contributed by atoms with Crippen LogP contribution in [0.3, 0.4) is 0 Å². The standard InChI is InChI=1S/C14H11ClN2O3S/c15-8-1-4-16-10(7-8)13(18)17-5-2-11-9(3-6-21-11)12(17)14(19)20/h1,3-4,6-7,12H,2,5H2,(H,19,20). The zero-order chi connectivity index (χ0) is 15.0. The summed E-state index contributed by atoms with van der Waals surface area (Å²) in [6.07, 6.45) is 2.09. The minimum absolute atomic E-state index is 0.160. The van der Waals surface area contributed by atoms with Crippen molar-refractivity contribution in [3.63, 3.8) is 0 Å². The number of hydrogen-bond acceptors (Lipinski definition) is 4. The largest absolute Gasteiger partial charge is 0.479 e. The van der Waals surface area contributed by atoms with E-state index in [2.05, 4.69) is 4.98 Å². The van der Waals surface area contributed by atoms with Crippen LogP contribution in [0.1, 0.15) is 27.0 Å². The van der Waals surface area contributed by atoms with Gasteiger partial charge in [0.25, 0.3) is 5.91 Å². The van der Waals surface area contributed by atoms with Gasteiger partial charge in [0.1, 0.15) is 5.69 Å². The molecular weight excluding hydrogens is 312 g/mol. The second kappa shape index (κ2) is 5.46. The molecule has 0 saturated carbocycles. The maximum Gasteiger partial charge on any atom is 0.331 e. The highest BCUT2D eigenvalue weighted by molar-refractivity contribution is 7.10. The predicted octanol–water partition coefficient (Wildman–Crippen LogP) is 2.62. The van der Waals surface area contributed by atoms with Crippen molar-refractivity contribution < 1.29 is 14.7 Å². The summed E-state index contributed by atoms with van der Waals surface area (Å²) in [5.41, 5.74) is 0.849. The van der Waals surface area contributed by atoms with E-state index in [0.717, 1.165) is 4.88 Å². The molecule has 1 atom stereocenters. The number of carboxylic acid groups (broad SMARTS) is 1. The number of pyridine rings is 1. The Morgan fingerprint density at radius 2 is 2.24 bits per heavy atom. The average molecular weight is 323 g/mol. The number of aliphatic carboxylic acids is 1. The van der Waals surface area contributed by atoms with Crippen LogP contribution in [-0.2, 0) is 11.2 Å². The fourth-order valence-corrected chi connectivity index (χ4v) is 3.53. The maximum absolute atomic E-state index is 12.5. The number of hydrogen-bond donors (Lipinski definition) is 1. The van der Waals surface area contributed by atoms with Crippen LogP contribution in [0, 0.1) is 0 Å². The number of carboxylic acids is 1. The molecule has 1 aliphatic heterocycles. The molecule has 3 heterocycles. The molecule has 1 aliphatic rings. The van der Waals surface area contributed by atoms with Crippen LogP contribution in [0.4, 0.5) is 0 Å². The van der Waals surface area contributed by atoms with E-state index in [1.165, 1.54) is 28.5 Å². The van der Waals surface area contributed by atoms with Crippen LogP contribution in [0.5, 0.6) is 0 Å². The third-order valence-corrected chi connectivity index (χ3v) is 4.63. The summed E-state index contributed by atoms with van der Waals surface area (Å²) in [5.74, 6) is -1.45. The topological polar surface area (TPSA) is 70.5 Å². The van der Waals surface area contributed by atoms with E-state index in [1.54, 1.807) is 12.1 Å². The lowest BCUT2D eigenvalue weighted by Gasteiger charge is -2.32. The van der Waals surface area contributed by atoms with Gasteiger partial charge in [0.15, 0.2) is 6.04 Å². The lowest BCUT2D eigenvalue weighted by molar-refractivity contribution is -0.142. The van der Waals surface area contributed by atoms with Crippen LogP contribution >= 0.6 is 22.9 Å². The number of nitrogens with zero attached hydrogens (tertiary/aromatic N) is 2. The molecule has 0 spiro atoms. The number of aromatic nitrogens is 1. The monoisotopic (exact) mass is 322 g/mol. The Morgan fingerprint density at radius 3 is 2.95 bits per heavy atom. The number of carbonyl (C=O) groups excluding carboxylic acids is 1. The molecule has 1 N–H and O–H groups in total. The Balaban J connectivity index is 1.98. The molecule has 7 heteroatoms. The molecule has 1 unspecified atom stereocenters. The first-order chi connectivity index (χ1) is 10.1. The van der Waals surface area contributed by atoms with E-state index in [9.17, 15) is 14.7 Å². The van der Waals surface area contributed by atoms with Crippen molar-refractivity contribution in [2.75, 3.05) is 6.54 Å². The fraction of sp³-hybridized carbons (Fsp3) is 0.214. The van der Waals surface area contributed by atoms with Crippen molar-refractivity contribution >= 4 is 34.8 Å². The highest BCUT2D eigenvalue weighted by Gasteiger charge is 2.37. The van der Waals surface area contributed by atoms with Gasteiger partial charge in [-0.3, -0.25) is 9.78 Å². The summed E-state index contributed by atoms with van der Waals surface area (Å²) in [6.45, 7) is 0.359. The predicted molar refractivity (Wildman–Crippen MR) is 78.7 cm³/mol. The lowest BCUT2D eigenvalue weighted by atomic mass is 9.99. The highest BCUT2D eigenvalue weighted by atomic mass is 35.5. The van der Waals surface area contributed by atoms with Gasteiger partial charge in [-0.25, -0.2) is 4.79 Å². The van der Waals surface area contributed by atoms with Gasteiger partial charge in [-0.2, -0.15) is 0 Å². The maximum atomic E-state index is 12.5. The molecule has 21 heavy (non-hydrogen) atoms. The van der Waals surface area contributed by atoms with Crippen LogP contribution < -0.4 is 0 Å². The summed E-state index contributed by atoms with van der Waals surface area (Å²) in [4.78, 5) is 30.5. The van der Waals surface area contributed by atoms with Crippen molar-refractivity contribution in [1.82, 2.24) is 9.88 Å². The van der Waals surface area contributed by atoms with Gasteiger partial charge in [-0.1, -0.05) is 11.6 Å². The van der Waals surface area contributed by atoms with E-state index in [1.807, 2.05) is 5.38 Å². The van der Waals surface area contributed by atoms with Gasteiger partial charge >= 0.3 is 5.97 Å². The zero-order valence-electron chi connectivity index (χ0n) is 10.8. The highest BCUT2D eigenvalue weighted by Crippen LogP contribution is 2.34. The van der Waals surface area contributed by atoms with E-state index in [-0.39, 0.29) is 5.69 Å².